The number of likely N-dealkylation sites (tertiary alicyclic amines) is 1. The molecule has 7 nitrogen and oxygen atoms in total. The molecule has 3 heterocycles. The molecule has 2 aliphatic rings. The zero-order chi connectivity index (χ0) is 20.7. The summed E-state index contributed by atoms with van der Waals surface area (Å²) in [6.07, 6.45) is 5.06. The van der Waals surface area contributed by atoms with E-state index in [2.05, 4.69) is 27.4 Å². The minimum atomic E-state index is 0.0182. The average molecular weight is 405 g/mol. The zero-order valence-corrected chi connectivity index (χ0v) is 17.7. The molecule has 1 saturated heterocycles. The maximum absolute atomic E-state index is 13.2. The van der Waals surface area contributed by atoms with E-state index in [4.69, 9.17) is 4.98 Å². The highest BCUT2D eigenvalue weighted by molar-refractivity contribution is 6.04. The van der Waals surface area contributed by atoms with Crippen molar-refractivity contribution in [1.82, 2.24) is 25.1 Å². The lowest BCUT2D eigenvalue weighted by Gasteiger charge is -2.39. The number of hydrogen-bond acceptors (Lipinski definition) is 5. The van der Waals surface area contributed by atoms with Crippen LogP contribution in [0.4, 0.5) is 5.82 Å². The number of carbonyl (C=O) groups excluding carboxylic acids is 1. The first-order chi connectivity index (χ1) is 14.6. The Morgan fingerprint density at radius 1 is 1.20 bits per heavy atom. The minimum Gasteiger partial charge on any atom is -0.370 e. The molecule has 30 heavy (non-hydrogen) atoms. The molecule has 1 aliphatic heterocycles. The molecule has 1 aromatic carbocycles. The fraction of sp³-hybridized carbons (Fsp3) is 0.478. The Hall–Kier alpha value is -2.96. The third-order valence-corrected chi connectivity index (χ3v) is 6.70. The lowest BCUT2D eigenvalue weighted by atomic mass is 9.76. The molecule has 0 unspecified atom stereocenters. The van der Waals surface area contributed by atoms with Crippen LogP contribution in [-0.2, 0) is 11.8 Å². The van der Waals surface area contributed by atoms with Crippen LogP contribution in [0.5, 0.6) is 0 Å². The average Bonchev–Trinajstić information content (AvgIpc) is 3.35. The minimum absolute atomic E-state index is 0.0182. The first-order valence-corrected chi connectivity index (χ1v) is 11.0. The number of H-pyrrole nitrogens is 1. The molecule has 1 amide bonds. The van der Waals surface area contributed by atoms with Gasteiger partial charge in [-0.1, -0.05) is 25.1 Å². The molecule has 1 fully saturated rings. The highest BCUT2D eigenvalue weighted by atomic mass is 16.2. The van der Waals surface area contributed by atoms with Crippen LogP contribution >= 0.6 is 0 Å². The Kier molecular flexibility index (Phi) is 4.68. The van der Waals surface area contributed by atoms with Crippen LogP contribution in [0.15, 0.2) is 24.3 Å². The van der Waals surface area contributed by atoms with Gasteiger partial charge in [-0.05, 0) is 45.1 Å². The van der Waals surface area contributed by atoms with Gasteiger partial charge in [0.1, 0.15) is 11.6 Å². The van der Waals surface area contributed by atoms with Crippen molar-refractivity contribution < 1.29 is 4.79 Å². The predicted molar refractivity (Wildman–Crippen MR) is 117 cm³/mol. The zero-order valence-electron chi connectivity index (χ0n) is 17.7. The molecule has 1 aliphatic carbocycles. The number of aromatic amines is 1. The largest absolute Gasteiger partial charge is 0.370 e. The van der Waals surface area contributed by atoms with Crippen molar-refractivity contribution in [2.45, 2.75) is 51.4 Å². The number of benzene rings is 1. The van der Waals surface area contributed by atoms with Gasteiger partial charge in [0.25, 0.3) is 5.91 Å². The van der Waals surface area contributed by atoms with E-state index in [1.54, 1.807) is 0 Å². The van der Waals surface area contributed by atoms with E-state index >= 15 is 0 Å². The number of nitrogens with one attached hydrogen (secondary N) is 2. The van der Waals surface area contributed by atoms with Crippen LogP contribution in [0.1, 0.15) is 60.2 Å². The maximum atomic E-state index is 13.2. The molecule has 156 valence electrons. The number of para-hydroxylation sites is 1. The molecule has 1 spiro atoms. The Bertz CT molecular complexity index is 1100. The van der Waals surface area contributed by atoms with E-state index in [1.807, 2.05) is 36.1 Å². The lowest BCUT2D eigenvalue weighted by Crippen LogP contribution is -2.44. The fourth-order valence-corrected chi connectivity index (χ4v) is 5.04. The van der Waals surface area contributed by atoms with Crippen molar-refractivity contribution in [1.29, 1.82) is 0 Å². The molecular weight excluding hydrogens is 376 g/mol. The van der Waals surface area contributed by atoms with Gasteiger partial charge in [-0.25, -0.2) is 9.97 Å². The molecule has 5 rings (SSSR count). The summed E-state index contributed by atoms with van der Waals surface area (Å²) in [6.45, 7) is 6.54. The van der Waals surface area contributed by atoms with Crippen LogP contribution in [0, 0.1) is 6.92 Å². The monoisotopic (exact) mass is 404 g/mol. The van der Waals surface area contributed by atoms with Crippen LogP contribution in [0.3, 0.4) is 0 Å². The van der Waals surface area contributed by atoms with Gasteiger partial charge in [0.05, 0.1) is 11.2 Å². The lowest BCUT2D eigenvalue weighted by molar-refractivity contribution is 0.0659. The Morgan fingerprint density at radius 2 is 2.00 bits per heavy atom. The number of nitrogens with zero attached hydrogens (tertiary/aromatic N) is 4. The molecule has 0 bridgehead atoms. The van der Waals surface area contributed by atoms with E-state index in [-0.39, 0.29) is 11.3 Å². The van der Waals surface area contributed by atoms with E-state index in [9.17, 15) is 4.79 Å². The van der Waals surface area contributed by atoms with Crippen LogP contribution in [0.2, 0.25) is 0 Å². The van der Waals surface area contributed by atoms with Gasteiger partial charge in [0.2, 0.25) is 0 Å². The second-order valence-electron chi connectivity index (χ2n) is 8.56. The number of rotatable bonds is 4. The summed E-state index contributed by atoms with van der Waals surface area (Å²) < 4.78 is 0. The second-order valence-corrected chi connectivity index (χ2v) is 8.56. The van der Waals surface area contributed by atoms with Gasteiger partial charge in [0, 0.05) is 36.0 Å². The number of piperidine rings is 1. The molecule has 0 saturated carbocycles. The number of aromatic nitrogens is 4. The van der Waals surface area contributed by atoms with E-state index in [1.165, 1.54) is 11.3 Å². The van der Waals surface area contributed by atoms with Crippen molar-refractivity contribution in [2.24, 2.45) is 0 Å². The van der Waals surface area contributed by atoms with Gasteiger partial charge < -0.3 is 10.2 Å². The van der Waals surface area contributed by atoms with Crippen molar-refractivity contribution in [2.75, 3.05) is 25.0 Å². The smallest absolute Gasteiger partial charge is 0.274 e. The summed E-state index contributed by atoms with van der Waals surface area (Å²) in [7, 11) is 0. The summed E-state index contributed by atoms with van der Waals surface area (Å²) in [5.41, 5.74) is 3.99. The summed E-state index contributed by atoms with van der Waals surface area (Å²) in [5, 5.41) is 11.7. The van der Waals surface area contributed by atoms with Crippen LogP contribution in [0.25, 0.3) is 10.9 Å². The highest BCUT2D eigenvalue weighted by Crippen LogP contribution is 2.47. The maximum Gasteiger partial charge on any atom is 0.274 e. The van der Waals surface area contributed by atoms with Gasteiger partial charge >= 0.3 is 0 Å². The topological polar surface area (TPSA) is 86.8 Å². The Balaban J connectivity index is 1.37. The highest BCUT2D eigenvalue weighted by Gasteiger charge is 2.45. The van der Waals surface area contributed by atoms with Crippen molar-refractivity contribution in [3.8, 4) is 0 Å². The van der Waals surface area contributed by atoms with Crippen LogP contribution < -0.4 is 5.32 Å². The first kappa shape index (κ1) is 19.0. The fourth-order valence-electron chi connectivity index (χ4n) is 5.04. The van der Waals surface area contributed by atoms with Gasteiger partial charge in [-0.2, -0.15) is 5.10 Å². The van der Waals surface area contributed by atoms with E-state index < -0.39 is 0 Å². The number of aryl methyl sites for hydroxylation is 1. The second kappa shape index (κ2) is 7.38. The standard InChI is InChI=1S/C23H28N6O/c1-3-12-24-21-17-8-9-23(20(17)25-15(2)26-21)10-13-29(14-11-23)22(30)19-16-6-4-5-7-18(16)27-28-19/h4-7H,3,8-14H2,1-2H3,(H,27,28)(H,24,25,26). The number of fused-ring (bicyclic) bond motifs is 3. The van der Waals surface area contributed by atoms with Gasteiger partial charge in [-0.15, -0.1) is 0 Å². The van der Waals surface area contributed by atoms with E-state index in [0.29, 0.717) is 5.69 Å². The SMILES string of the molecule is CCCNc1nc(C)nc2c1CCC21CCN(C(=O)c2n[nH]c3ccccc23)CC1. The summed E-state index contributed by atoms with van der Waals surface area (Å²) in [6, 6.07) is 7.80. The summed E-state index contributed by atoms with van der Waals surface area (Å²) >= 11 is 0. The van der Waals surface area contributed by atoms with Crippen molar-refractivity contribution >= 4 is 22.6 Å². The van der Waals surface area contributed by atoms with Crippen LogP contribution in [-0.4, -0.2) is 50.6 Å². The molecule has 7 heteroatoms. The Labute approximate surface area is 176 Å². The predicted octanol–water partition coefficient (Wildman–Crippen LogP) is 3.60. The Morgan fingerprint density at radius 3 is 2.80 bits per heavy atom. The molecule has 3 aromatic rings. The number of anilines is 1. The molecule has 2 aromatic heterocycles. The quantitative estimate of drug-likeness (QED) is 0.694. The first-order valence-electron chi connectivity index (χ1n) is 11.0. The van der Waals surface area contributed by atoms with Crippen molar-refractivity contribution in [3.05, 3.63) is 47.0 Å². The normalized spacial score (nSPS) is 17.5. The molecule has 0 radical (unpaired) electrons. The summed E-state index contributed by atoms with van der Waals surface area (Å²) in [4.78, 5) is 24.7. The van der Waals surface area contributed by atoms with Gasteiger partial charge in [0.15, 0.2) is 5.69 Å². The van der Waals surface area contributed by atoms with Gasteiger partial charge in [-0.3, -0.25) is 9.89 Å². The van der Waals surface area contributed by atoms with E-state index in [0.717, 1.165) is 74.3 Å². The number of hydrogen-bond donors (Lipinski definition) is 2. The third-order valence-electron chi connectivity index (χ3n) is 6.70. The number of amides is 1. The third kappa shape index (κ3) is 3.04. The summed E-state index contributed by atoms with van der Waals surface area (Å²) in [5.74, 6) is 1.86. The number of carbonyl (C=O) groups is 1. The molecule has 2 N–H and O–H groups in total. The molecule has 0 atom stereocenters. The van der Waals surface area contributed by atoms with Crippen molar-refractivity contribution in [3.63, 3.8) is 0 Å². The molecular formula is C23H28N6O.